The Morgan fingerprint density at radius 2 is 1.69 bits per heavy atom. The van der Waals surface area contributed by atoms with Gasteiger partial charge in [0.25, 0.3) is 0 Å². The van der Waals surface area contributed by atoms with E-state index in [9.17, 15) is 4.79 Å². The summed E-state index contributed by atoms with van der Waals surface area (Å²) in [5.41, 5.74) is 0. The predicted octanol–water partition coefficient (Wildman–Crippen LogP) is 2.83. The lowest BCUT2D eigenvalue weighted by molar-refractivity contribution is -0.140. The molecule has 16 heavy (non-hydrogen) atoms. The summed E-state index contributed by atoms with van der Waals surface area (Å²) in [4.78, 5) is 10.8. The monoisotopic (exact) mass is 228 g/mol. The molecule has 0 unspecified atom stereocenters. The summed E-state index contributed by atoms with van der Waals surface area (Å²) >= 11 is 0. The quantitative estimate of drug-likeness (QED) is 0.355. The third kappa shape index (κ3) is 11.2. The van der Waals surface area contributed by atoms with Gasteiger partial charge in [-0.25, -0.2) is 0 Å². The van der Waals surface area contributed by atoms with Gasteiger partial charge in [0.05, 0.1) is 13.7 Å². The molecule has 0 aromatic carbocycles. The molecular formula is C13H24O3. The molecule has 0 amide bonds. The Morgan fingerprint density at radius 3 is 2.31 bits per heavy atom. The van der Waals surface area contributed by atoms with E-state index in [1.54, 1.807) is 6.08 Å². The Morgan fingerprint density at radius 1 is 1.06 bits per heavy atom. The molecule has 94 valence electrons. The van der Waals surface area contributed by atoms with Crippen LogP contribution in [-0.4, -0.2) is 24.8 Å². The van der Waals surface area contributed by atoms with Crippen molar-refractivity contribution in [3.8, 4) is 0 Å². The van der Waals surface area contributed by atoms with Crippen LogP contribution in [0.1, 0.15) is 51.4 Å². The fourth-order valence-corrected chi connectivity index (χ4v) is 1.53. The number of ether oxygens (including phenoxy) is 1. The van der Waals surface area contributed by atoms with E-state index in [0.717, 1.165) is 19.3 Å². The number of unbranched alkanes of at least 4 members (excludes halogenated alkanes) is 6. The number of hydrogen-bond donors (Lipinski definition) is 1. The average Bonchev–Trinajstić information content (AvgIpc) is 2.31. The van der Waals surface area contributed by atoms with E-state index < -0.39 is 0 Å². The van der Waals surface area contributed by atoms with Crippen LogP contribution in [0.5, 0.6) is 0 Å². The fourth-order valence-electron chi connectivity index (χ4n) is 1.53. The van der Waals surface area contributed by atoms with E-state index >= 15 is 0 Å². The van der Waals surface area contributed by atoms with Crippen molar-refractivity contribution in [2.75, 3.05) is 13.7 Å². The van der Waals surface area contributed by atoms with Crippen molar-refractivity contribution in [2.45, 2.75) is 51.4 Å². The third-order valence-electron chi connectivity index (χ3n) is 2.50. The number of allylic oxidation sites excluding steroid dienone is 1. The SMILES string of the molecule is COC(=O)CCCCCCCCC=CCO. The van der Waals surface area contributed by atoms with Crippen LogP contribution in [0.3, 0.4) is 0 Å². The summed E-state index contributed by atoms with van der Waals surface area (Å²) in [6.45, 7) is 0.146. The highest BCUT2D eigenvalue weighted by Gasteiger charge is 1.98. The molecule has 0 aliphatic heterocycles. The minimum Gasteiger partial charge on any atom is -0.469 e. The van der Waals surface area contributed by atoms with Crippen molar-refractivity contribution in [3.63, 3.8) is 0 Å². The Hall–Kier alpha value is -0.830. The van der Waals surface area contributed by atoms with Crippen molar-refractivity contribution in [3.05, 3.63) is 12.2 Å². The van der Waals surface area contributed by atoms with Crippen LogP contribution >= 0.6 is 0 Å². The normalized spacial score (nSPS) is 10.9. The van der Waals surface area contributed by atoms with Gasteiger partial charge >= 0.3 is 5.97 Å². The molecule has 0 saturated carbocycles. The first-order valence-electron chi connectivity index (χ1n) is 6.14. The van der Waals surface area contributed by atoms with E-state index in [0.29, 0.717) is 6.42 Å². The second-order valence-corrected chi connectivity index (χ2v) is 3.89. The molecule has 0 spiro atoms. The zero-order valence-corrected chi connectivity index (χ0v) is 10.3. The smallest absolute Gasteiger partial charge is 0.305 e. The fraction of sp³-hybridized carbons (Fsp3) is 0.769. The average molecular weight is 228 g/mol. The second kappa shape index (κ2) is 12.2. The van der Waals surface area contributed by atoms with Gasteiger partial charge in [-0.3, -0.25) is 4.79 Å². The summed E-state index contributed by atoms with van der Waals surface area (Å²) in [5, 5.41) is 8.51. The van der Waals surface area contributed by atoms with Gasteiger partial charge in [0.15, 0.2) is 0 Å². The van der Waals surface area contributed by atoms with Crippen LogP contribution in [0.2, 0.25) is 0 Å². The number of rotatable bonds is 10. The number of methoxy groups -OCH3 is 1. The lowest BCUT2D eigenvalue weighted by atomic mass is 10.1. The maximum atomic E-state index is 10.8. The van der Waals surface area contributed by atoms with Gasteiger partial charge in [0, 0.05) is 6.42 Å². The molecule has 3 heteroatoms. The van der Waals surface area contributed by atoms with E-state index in [4.69, 9.17) is 5.11 Å². The van der Waals surface area contributed by atoms with Crippen LogP contribution in [-0.2, 0) is 9.53 Å². The Labute approximate surface area is 98.5 Å². The number of aliphatic hydroxyl groups excluding tert-OH is 1. The van der Waals surface area contributed by atoms with Gasteiger partial charge in [0.2, 0.25) is 0 Å². The van der Waals surface area contributed by atoms with Crippen molar-refractivity contribution in [1.82, 2.24) is 0 Å². The highest BCUT2D eigenvalue weighted by Crippen LogP contribution is 2.09. The molecular weight excluding hydrogens is 204 g/mol. The number of carbonyl (C=O) groups excluding carboxylic acids is 1. The molecule has 0 fully saturated rings. The maximum absolute atomic E-state index is 10.8. The number of esters is 1. The molecule has 0 heterocycles. The topological polar surface area (TPSA) is 46.5 Å². The number of carbonyl (C=O) groups is 1. The summed E-state index contributed by atoms with van der Waals surface area (Å²) in [5.74, 6) is -0.103. The Balaban J connectivity index is 3.04. The molecule has 1 N–H and O–H groups in total. The molecule has 3 nitrogen and oxygen atoms in total. The molecule has 0 aliphatic rings. The molecule has 0 aromatic heterocycles. The van der Waals surface area contributed by atoms with Gasteiger partial charge < -0.3 is 9.84 Å². The summed E-state index contributed by atoms with van der Waals surface area (Å²) in [6.07, 6.45) is 12.3. The van der Waals surface area contributed by atoms with Crippen LogP contribution in [0.4, 0.5) is 0 Å². The van der Waals surface area contributed by atoms with Gasteiger partial charge in [-0.15, -0.1) is 0 Å². The highest BCUT2D eigenvalue weighted by atomic mass is 16.5. The lowest BCUT2D eigenvalue weighted by Crippen LogP contribution is -1.99. The van der Waals surface area contributed by atoms with E-state index in [2.05, 4.69) is 4.74 Å². The van der Waals surface area contributed by atoms with Crippen LogP contribution in [0, 0.1) is 0 Å². The lowest BCUT2D eigenvalue weighted by Gasteiger charge is -2.00. The maximum Gasteiger partial charge on any atom is 0.305 e. The van der Waals surface area contributed by atoms with Crippen LogP contribution in [0.15, 0.2) is 12.2 Å². The molecule has 0 radical (unpaired) electrons. The molecule has 0 aromatic rings. The number of aliphatic hydroxyl groups is 1. The third-order valence-corrected chi connectivity index (χ3v) is 2.50. The zero-order chi connectivity index (χ0) is 12.1. The highest BCUT2D eigenvalue weighted by molar-refractivity contribution is 5.68. The second-order valence-electron chi connectivity index (χ2n) is 3.89. The number of hydrogen-bond acceptors (Lipinski definition) is 3. The van der Waals surface area contributed by atoms with Crippen LogP contribution < -0.4 is 0 Å². The summed E-state index contributed by atoms with van der Waals surface area (Å²) in [6, 6.07) is 0. The Bertz CT molecular complexity index is 188. The van der Waals surface area contributed by atoms with Gasteiger partial charge in [-0.2, -0.15) is 0 Å². The van der Waals surface area contributed by atoms with Crippen molar-refractivity contribution >= 4 is 5.97 Å². The van der Waals surface area contributed by atoms with Gasteiger partial charge in [0.1, 0.15) is 0 Å². The first kappa shape index (κ1) is 15.2. The first-order chi connectivity index (χ1) is 7.81. The molecule has 0 bridgehead atoms. The Kier molecular flexibility index (Phi) is 11.6. The van der Waals surface area contributed by atoms with E-state index in [1.807, 2.05) is 6.08 Å². The van der Waals surface area contributed by atoms with Crippen molar-refractivity contribution < 1.29 is 14.6 Å². The van der Waals surface area contributed by atoms with Gasteiger partial charge in [-0.05, 0) is 19.3 Å². The minimum atomic E-state index is -0.103. The van der Waals surface area contributed by atoms with Crippen LogP contribution in [0.25, 0.3) is 0 Å². The zero-order valence-electron chi connectivity index (χ0n) is 10.3. The minimum absolute atomic E-state index is 0.103. The first-order valence-corrected chi connectivity index (χ1v) is 6.14. The van der Waals surface area contributed by atoms with Crippen molar-refractivity contribution in [2.24, 2.45) is 0 Å². The molecule has 0 rings (SSSR count). The van der Waals surface area contributed by atoms with Crippen molar-refractivity contribution in [1.29, 1.82) is 0 Å². The summed E-state index contributed by atoms with van der Waals surface area (Å²) < 4.78 is 4.57. The molecule has 0 atom stereocenters. The van der Waals surface area contributed by atoms with E-state index in [-0.39, 0.29) is 12.6 Å². The standard InChI is InChI=1S/C13H24O3/c1-16-13(15)11-9-7-5-3-2-4-6-8-10-12-14/h8,10,14H,2-7,9,11-12H2,1H3. The van der Waals surface area contributed by atoms with E-state index in [1.165, 1.54) is 32.8 Å². The summed E-state index contributed by atoms with van der Waals surface area (Å²) in [7, 11) is 1.43. The largest absolute Gasteiger partial charge is 0.469 e. The predicted molar refractivity (Wildman–Crippen MR) is 65.2 cm³/mol. The molecule has 0 aliphatic carbocycles. The molecule has 0 saturated heterocycles. The van der Waals surface area contributed by atoms with Gasteiger partial charge in [-0.1, -0.05) is 37.8 Å².